The summed E-state index contributed by atoms with van der Waals surface area (Å²) in [5.41, 5.74) is 0. The Hall–Kier alpha value is -1.32. The maximum absolute atomic E-state index is 4.50. The fourth-order valence-corrected chi connectivity index (χ4v) is 1.70. The van der Waals surface area contributed by atoms with Gasteiger partial charge in [-0.2, -0.15) is 0 Å². The van der Waals surface area contributed by atoms with Crippen molar-refractivity contribution in [3.8, 4) is 0 Å². The molecule has 0 aliphatic heterocycles. The molecule has 0 aliphatic rings. The van der Waals surface area contributed by atoms with Gasteiger partial charge in [0.05, 0.1) is 12.4 Å². The molecule has 0 radical (unpaired) electrons. The topological polar surface area (TPSA) is 49.8 Å². The molecule has 4 nitrogen and oxygen atoms in total. The van der Waals surface area contributed by atoms with E-state index in [-0.39, 0.29) is 0 Å². The van der Waals surface area contributed by atoms with Crippen molar-refractivity contribution in [2.75, 3.05) is 17.2 Å². The van der Waals surface area contributed by atoms with Crippen molar-refractivity contribution in [1.29, 1.82) is 0 Å². The molecular weight excluding hydrogens is 212 g/mol. The van der Waals surface area contributed by atoms with Crippen molar-refractivity contribution in [1.82, 2.24) is 9.97 Å². The first-order valence-electron chi connectivity index (χ1n) is 6.49. The van der Waals surface area contributed by atoms with Crippen LogP contribution in [0.1, 0.15) is 40.5 Å². The fourth-order valence-electron chi connectivity index (χ4n) is 1.70. The molecule has 1 aromatic rings. The van der Waals surface area contributed by atoms with E-state index in [0.717, 1.165) is 31.0 Å². The smallest absolute Gasteiger partial charge is 0.147 e. The van der Waals surface area contributed by atoms with Crippen LogP contribution in [0.2, 0.25) is 0 Å². The molecule has 1 heterocycles. The van der Waals surface area contributed by atoms with E-state index >= 15 is 0 Å². The molecule has 4 heteroatoms. The quantitative estimate of drug-likeness (QED) is 0.763. The lowest BCUT2D eigenvalue weighted by atomic mass is 10.0. The van der Waals surface area contributed by atoms with E-state index in [1.807, 2.05) is 0 Å². The molecule has 96 valence electrons. The van der Waals surface area contributed by atoms with Crippen LogP contribution in [0.4, 0.5) is 11.6 Å². The summed E-state index contributed by atoms with van der Waals surface area (Å²) in [4.78, 5) is 8.69. The van der Waals surface area contributed by atoms with Gasteiger partial charge in [-0.1, -0.05) is 27.7 Å². The van der Waals surface area contributed by atoms with Crippen molar-refractivity contribution in [3.05, 3.63) is 12.4 Å². The van der Waals surface area contributed by atoms with E-state index < -0.39 is 0 Å². The van der Waals surface area contributed by atoms with Gasteiger partial charge in [-0.25, -0.2) is 4.98 Å². The average Bonchev–Trinajstić information content (AvgIpc) is 2.33. The van der Waals surface area contributed by atoms with Crippen LogP contribution in [0.5, 0.6) is 0 Å². The van der Waals surface area contributed by atoms with Crippen LogP contribution in [0.3, 0.4) is 0 Å². The van der Waals surface area contributed by atoms with Crippen LogP contribution in [0.25, 0.3) is 0 Å². The molecule has 0 spiro atoms. The Morgan fingerprint density at radius 1 is 1.18 bits per heavy atom. The van der Waals surface area contributed by atoms with Gasteiger partial charge in [-0.3, -0.25) is 4.98 Å². The van der Waals surface area contributed by atoms with E-state index in [9.17, 15) is 0 Å². The first kappa shape index (κ1) is 13.7. The molecule has 0 saturated heterocycles. The maximum atomic E-state index is 4.50. The Kier molecular flexibility index (Phi) is 5.73. The predicted octanol–water partition coefficient (Wildman–Crippen LogP) is 3.15. The average molecular weight is 236 g/mol. The zero-order chi connectivity index (χ0) is 12.7. The summed E-state index contributed by atoms with van der Waals surface area (Å²) in [6, 6.07) is 0.450. The lowest BCUT2D eigenvalue weighted by Gasteiger charge is -2.21. The minimum absolute atomic E-state index is 0.450. The van der Waals surface area contributed by atoms with Crippen LogP contribution in [-0.2, 0) is 0 Å². The standard InChI is InChI=1S/C13H24N4/c1-5-7-15-12-8-14-9-13(17-12)16-11(6-2)10(3)4/h8-11H,5-7H2,1-4H3,(H2,15,16,17). The fraction of sp³-hybridized carbons (Fsp3) is 0.692. The number of anilines is 2. The summed E-state index contributed by atoms with van der Waals surface area (Å²) >= 11 is 0. The van der Waals surface area contributed by atoms with Gasteiger partial charge in [0.2, 0.25) is 0 Å². The molecular formula is C13H24N4. The van der Waals surface area contributed by atoms with Gasteiger partial charge in [0.1, 0.15) is 11.6 Å². The van der Waals surface area contributed by atoms with E-state index in [4.69, 9.17) is 0 Å². The summed E-state index contributed by atoms with van der Waals surface area (Å²) in [5, 5.41) is 6.67. The number of nitrogens with one attached hydrogen (secondary N) is 2. The van der Waals surface area contributed by atoms with Crippen molar-refractivity contribution in [2.45, 2.75) is 46.6 Å². The molecule has 17 heavy (non-hydrogen) atoms. The molecule has 1 rings (SSSR count). The van der Waals surface area contributed by atoms with Gasteiger partial charge >= 0.3 is 0 Å². The summed E-state index contributed by atoms with van der Waals surface area (Å²) in [6.07, 6.45) is 5.72. The van der Waals surface area contributed by atoms with Crippen molar-refractivity contribution in [3.63, 3.8) is 0 Å². The number of hydrogen-bond donors (Lipinski definition) is 2. The molecule has 2 N–H and O–H groups in total. The monoisotopic (exact) mass is 236 g/mol. The molecule has 0 aliphatic carbocycles. The van der Waals surface area contributed by atoms with Crippen LogP contribution >= 0.6 is 0 Å². The molecule has 1 aromatic heterocycles. The lowest BCUT2D eigenvalue weighted by Crippen LogP contribution is -2.25. The molecule has 0 saturated carbocycles. The number of aromatic nitrogens is 2. The highest BCUT2D eigenvalue weighted by Crippen LogP contribution is 2.13. The van der Waals surface area contributed by atoms with E-state index in [0.29, 0.717) is 12.0 Å². The zero-order valence-corrected chi connectivity index (χ0v) is 11.3. The molecule has 0 aromatic carbocycles. The van der Waals surface area contributed by atoms with E-state index in [1.165, 1.54) is 0 Å². The third-order valence-electron chi connectivity index (χ3n) is 2.77. The minimum Gasteiger partial charge on any atom is -0.369 e. The van der Waals surface area contributed by atoms with Gasteiger partial charge in [0.25, 0.3) is 0 Å². The SMILES string of the molecule is CCCNc1cncc(NC(CC)C(C)C)n1. The number of rotatable bonds is 7. The Bertz CT molecular complexity index is 325. The third kappa shape index (κ3) is 4.59. The van der Waals surface area contributed by atoms with Crippen molar-refractivity contribution < 1.29 is 0 Å². The first-order chi connectivity index (χ1) is 8.17. The summed E-state index contributed by atoms with van der Waals surface area (Å²) in [7, 11) is 0. The highest BCUT2D eigenvalue weighted by atomic mass is 15.1. The second-order valence-electron chi connectivity index (χ2n) is 4.62. The van der Waals surface area contributed by atoms with Gasteiger partial charge in [-0.15, -0.1) is 0 Å². The Morgan fingerprint density at radius 3 is 2.47 bits per heavy atom. The van der Waals surface area contributed by atoms with Gasteiger partial charge in [0.15, 0.2) is 0 Å². The number of nitrogens with zero attached hydrogens (tertiary/aromatic N) is 2. The molecule has 1 unspecified atom stereocenters. The van der Waals surface area contributed by atoms with Crippen molar-refractivity contribution in [2.24, 2.45) is 5.92 Å². The Balaban J connectivity index is 2.64. The second-order valence-corrected chi connectivity index (χ2v) is 4.62. The lowest BCUT2D eigenvalue weighted by molar-refractivity contribution is 0.509. The maximum Gasteiger partial charge on any atom is 0.147 e. The molecule has 0 fully saturated rings. The Morgan fingerprint density at radius 2 is 1.88 bits per heavy atom. The Labute approximate surface area is 104 Å². The van der Waals surface area contributed by atoms with Gasteiger partial charge < -0.3 is 10.6 Å². The summed E-state index contributed by atoms with van der Waals surface area (Å²) in [6.45, 7) is 9.68. The molecule has 0 bridgehead atoms. The third-order valence-corrected chi connectivity index (χ3v) is 2.77. The molecule has 1 atom stereocenters. The highest BCUT2D eigenvalue weighted by molar-refractivity contribution is 5.42. The highest BCUT2D eigenvalue weighted by Gasteiger charge is 2.11. The van der Waals surface area contributed by atoms with Crippen LogP contribution in [0.15, 0.2) is 12.4 Å². The van der Waals surface area contributed by atoms with Crippen molar-refractivity contribution >= 4 is 11.6 Å². The van der Waals surface area contributed by atoms with Crippen LogP contribution in [0, 0.1) is 5.92 Å². The van der Waals surface area contributed by atoms with Gasteiger partial charge in [-0.05, 0) is 18.8 Å². The second kappa shape index (κ2) is 7.09. The van der Waals surface area contributed by atoms with Crippen LogP contribution in [-0.4, -0.2) is 22.6 Å². The van der Waals surface area contributed by atoms with E-state index in [1.54, 1.807) is 12.4 Å². The molecule has 0 amide bonds. The van der Waals surface area contributed by atoms with Gasteiger partial charge in [0, 0.05) is 12.6 Å². The van der Waals surface area contributed by atoms with Crippen LogP contribution < -0.4 is 10.6 Å². The zero-order valence-electron chi connectivity index (χ0n) is 11.3. The van der Waals surface area contributed by atoms with E-state index in [2.05, 4.69) is 48.3 Å². The number of hydrogen-bond acceptors (Lipinski definition) is 4. The normalized spacial score (nSPS) is 12.5. The first-order valence-corrected chi connectivity index (χ1v) is 6.49. The summed E-state index contributed by atoms with van der Waals surface area (Å²) in [5.74, 6) is 2.29. The predicted molar refractivity (Wildman–Crippen MR) is 73.4 cm³/mol. The minimum atomic E-state index is 0.450. The largest absolute Gasteiger partial charge is 0.369 e. The summed E-state index contributed by atoms with van der Waals surface area (Å²) < 4.78 is 0.